The number of carbonyl (C=O) groups is 1. The van der Waals surface area contributed by atoms with Gasteiger partial charge in [-0.25, -0.2) is 14.3 Å². The molecule has 2 heterocycles. The minimum Gasteiger partial charge on any atom is -0.462 e. The lowest BCUT2D eigenvalue weighted by Gasteiger charge is -2.00. The van der Waals surface area contributed by atoms with Crippen molar-refractivity contribution in [2.24, 2.45) is 0 Å². The minimum absolute atomic E-state index is 0.343. The van der Waals surface area contributed by atoms with E-state index >= 15 is 0 Å². The Morgan fingerprint density at radius 3 is 3.21 bits per heavy atom. The van der Waals surface area contributed by atoms with Crippen LogP contribution in [0, 0.1) is 0 Å². The SMILES string of the molecule is CCOC(=O)c1ccc2ncnn2c1. The summed E-state index contributed by atoms with van der Waals surface area (Å²) in [5.41, 5.74) is 1.18. The molecule has 0 radical (unpaired) electrons. The van der Waals surface area contributed by atoms with Crippen molar-refractivity contribution in [3.8, 4) is 0 Å². The van der Waals surface area contributed by atoms with Gasteiger partial charge in [0.2, 0.25) is 0 Å². The number of esters is 1. The van der Waals surface area contributed by atoms with Crippen molar-refractivity contribution in [1.82, 2.24) is 14.6 Å². The summed E-state index contributed by atoms with van der Waals surface area (Å²) >= 11 is 0. The third kappa shape index (κ3) is 1.44. The molecule has 0 atom stereocenters. The predicted octanol–water partition coefficient (Wildman–Crippen LogP) is 0.906. The number of rotatable bonds is 2. The largest absolute Gasteiger partial charge is 0.462 e. The van der Waals surface area contributed by atoms with Crippen molar-refractivity contribution in [2.45, 2.75) is 6.92 Å². The first-order valence-corrected chi connectivity index (χ1v) is 4.28. The van der Waals surface area contributed by atoms with Gasteiger partial charge in [-0.05, 0) is 19.1 Å². The fourth-order valence-electron chi connectivity index (χ4n) is 1.15. The highest BCUT2D eigenvalue weighted by Gasteiger charge is 2.07. The number of fused-ring (bicyclic) bond motifs is 1. The van der Waals surface area contributed by atoms with Gasteiger partial charge in [0, 0.05) is 6.20 Å². The van der Waals surface area contributed by atoms with Crippen molar-refractivity contribution in [3.63, 3.8) is 0 Å². The molecule has 14 heavy (non-hydrogen) atoms. The van der Waals surface area contributed by atoms with Crippen molar-refractivity contribution in [2.75, 3.05) is 6.61 Å². The van der Waals surface area contributed by atoms with E-state index in [1.165, 1.54) is 10.8 Å². The quantitative estimate of drug-likeness (QED) is 0.662. The minimum atomic E-state index is -0.343. The van der Waals surface area contributed by atoms with Crippen molar-refractivity contribution < 1.29 is 9.53 Å². The first kappa shape index (κ1) is 8.68. The van der Waals surface area contributed by atoms with E-state index < -0.39 is 0 Å². The molecule has 0 saturated heterocycles. The second-order valence-corrected chi connectivity index (χ2v) is 2.70. The molecule has 0 amide bonds. The summed E-state index contributed by atoms with van der Waals surface area (Å²) in [5, 5.41) is 3.92. The Bertz CT molecular complexity index is 464. The van der Waals surface area contributed by atoms with Crippen LogP contribution in [0.1, 0.15) is 17.3 Å². The Morgan fingerprint density at radius 1 is 1.57 bits per heavy atom. The van der Waals surface area contributed by atoms with Gasteiger partial charge in [0.1, 0.15) is 6.33 Å². The van der Waals surface area contributed by atoms with Gasteiger partial charge in [0.25, 0.3) is 0 Å². The van der Waals surface area contributed by atoms with Crippen LogP contribution < -0.4 is 0 Å². The summed E-state index contributed by atoms with van der Waals surface area (Å²) < 4.78 is 6.39. The molecule has 0 aliphatic rings. The van der Waals surface area contributed by atoms with Crippen molar-refractivity contribution >= 4 is 11.6 Å². The van der Waals surface area contributed by atoms with Crippen LogP contribution in [0.15, 0.2) is 24.7 Å². The fraction of sp³-hybridized carbons (Fsp3) is 0.222. The highest BCUT2D eigenvalue weighted by molar-refractivity contribution is 5.89. The zero-order valence-electron chi connectivity index (χ0n) is 7.67. The lowest BCUT2D eigenvalue weighted by Crippen LogP contribution is -2.05. The lowest BCUT2D eigenvalue weighted by atomic mass is 10.3. The van der Waals surface area contributed by atoms with Crippen LogP contribution in [-0.2, 0) is 4.74 Å². The monoisotopic (exact) mass is 191 g/mol. The van der Waals surface area contributed by atoms with E-state index in [4.69, 9.17) is 4.74 Å². The summed E-state index contributed by atoms with van der Waals surface area (Å²) in [6.07, 6.45) is 3.03. The third-order valence-corrected chi connectivity index (χ3v) is 1.79. The van der Waals surface area contributed by atoms with Gasteiger partial charge in [0.05, 0.1) is 12.2 Å². The van der Waals surface area contributed by atoms with Gasteiger partial charge >= 0.3 is 5.97 Å². The smallest absolute Gasteiger partial charge is 0.339 e. The highest BCUT2D eigenvalue weighted by atomic mass is 16.5. The Morgan fingerprint density at radius 2 is 2.43 bits per heavy atom. The number of pyridine rings is 1. The molecular weight excluding hydrogens is 182 g/mol. The maximum absolute atomic E-state index is 11.3. The van der Waals surface area contributed by atoms with E-state index in [-0.39, 0.29) is 5.97 Å². The van der Waals surface area contributed by atoms with Gasteiger partial charge in [0.15, 0.2) is 5.65 Å². The first-order chi connectivity index (χ1) is 6.81. The van der Waals surface area contributed by atoms with Crippen LogP contribution in [0.25, 0.3) is 5.65 Å². The van der Waals surface area contributed by atoms with Gasteiger partial charge in [-0.1, -0.05) is 0 Å². The fourth-order valence-corrected chi connectivity index (χ4v) is 1.15. The standard InChI is InChI=1S/C9H9N3O2/c1-2-14-9(13)7-3-4-8-10-6-11-12(8)5-7/h3-6H,2H2,1H3. The van der Waals surface area contributed by atoms with Gasteiger partial charge in [-0.15, -0.1) is 0 Å². The molecule has 0 bridgehead atoms. The molecule has 0 saturated carbocycles. The Hall–Kier alpha value is -1.91. The number of carbonyl (C=O) groups excluding carboxylic acids is 1. The normalized spacial score (nSPS) is 10.4. The Kier molecular flexibility index (Phi) is 2.14. The molecule has 0 unspecified atom stereocenters. The molecule has 0 N–H and O–H groups in total. The molecule has 0 aliphatic carbocycles. The van der Waals surface area contributed by atoms with Gasteiger partial charge in [-0.2, -0.15) is 5.10 Å². The molecule has 2 aromatic rings. The molecule has 0 fully saturated rings. The molecule has 0 spiro atoms. The second-order valence-electron chi connectivity index (χ2n) is 2.70. The highest BCUT2D eigenvalue weighted by Crippen LogP contribution is 2.04. The van der Waals surface area contributed by atoms with Crippen LogP contribution in [0.5, 0.6) is 0 Å². The summed E-state index contributed by atoms with van der Waals surface area (Å²) in [7, 11) is 0. The van der Waals surface area contributed by atoms with Crippen molar-refractivity contribution in [3.05, 3.63) is 30.2 Å². The summed E-state index contributed by atoms with van der Waals surface area (Å²) in [6.45, 7) is 2.14. The lowest BCUT2D eigenvalue weighted by molar-refractivity contribution is 0.0525. The van der Waals surface area contributed by atoms with E-state index in [9.17, 15) is 4.79 Å². The van der Waals surface area contributed by atoms with Crippen molar-refractivity contribution in [1.29, 1.82) is 0 Å². The van der Waals surface area contributed by atoms with E-state index in [0.29, 0.717) is 17.8 Å². The number of hydrogen-bond donors (Lipinski definition) is 0. The molecular formula is C9H9N3O2. The molecule has 2 aromatic heterocycles. The zero-order chi connectivity index (χ0) is 9.97. The van der Waals surface area contributed by atoms with Crippen LogP contribution in [-0.4, -0.2) is 27.2 Å². The third-order valence-electron chi connectivity index (χ3n) is 1.79. The Labute approximate surface area is 80.3 Å². The number of hydrogen-bond acceptors (Lipinski definition) is 4. The molecule has 72 valence electrons. The van der Waals surface area contributed by atoms with E-state index in [2.05, 4.69) is 10.1 Å². The number of ether oxygens (including phenoxy) is 1. The summed E-state index contributed by atoms with van der Waals surface area (Å²) in [4.78, 5) is 15.3. The topological polar surface area (TPSA) is 56.5 Å². The molecule has 2 rings (SSSR count). The molecule has 5 nitrogen and oxygen atoms in total. The number of nitrogens with zero attached hydrogens (tertiary/aromatic N) is 3. The molecule has 0 aliphatic heterocycles. The maximum Gasteiger partial charge on any atom is 0.339 e. The van der Waals surface area contributed by atoms with Gasteiger partial charge in [-0.3, -0.25) is 0 Å². The maximum atomic E-state index is 11.3. The first-order valence-electron chi connectivity index (χ1n) is 4.28. The van der Waals surface area contributed by atoms with Crippen LogP contribution in [0.3, 0.4) is 0 Å². The zero-order valence-corrected chi connectivity index (χ0v) is 7.67. The Balaban J connectivity index is 2.38. The summed E-state index contributed by atoms with van der Waals surface area (Å²) in [5.74, 6) is -0.343. The molecule has 0 aromatic carbocycles. The van der Waals surface area contributed by atoms with Crippen LogP contribution >= 0.6 is 0 Å². The van der Waals surface area contributed by atoms with Gasteiger partial charge < -0.3 is 4.74 Å². The average molecular weight is 191 g/mol. The number of aromatic nitrogens is 3. The van der Waals surface area contributed by atoms with E-state index in [0.717, 1.165) is 0 Å². The average Bonchev–Trinajstić information content (AvgIpc) is 2.64. The molecule has 5 heteroatoms. The second kappa shape index (κ2) is 3.45. The predicted molar refractivity (Wildman–Crippen MR) is 48.9 cm³/mol. The van der Waals surface area contributed by atoms with Crippen LogP contribution in [0.2, 0.25) is 0 Å². The van der Waals surface area contributed by atoms with E-state index in [1.54, 1.807) is 25.3 Å². The summed E-state index contributed by atoms with van der Waals surface area (Å²) in [6, 6.07) is 3.39. The van der Waals surface area contributed by atoms with Crippen LogP contribution in [0.4, 0.5) is 0 Å². The van der Waals surface area contributed by atoms with E-state index in [1.807, 2.05) is 0 Å².